The van der Waals surface area contributed by atoms with E-state index in [9.17, 15) is 9.90 Å². The summed E-state index contributed by atoms with van der Waals surface area (Å²) < 4.78 is 0. The highest BCUT2D eigenvalue weighted by Gasteiger charge is 2.29. The van der Waals surface area contributed by atoms with Crippen LogP contribution in [0.5, 0.6) is 0 Å². The van der Waals surface area contributed by atoms with Gasteiger partial charge in [0.2, 0.25) is 0 Å². The van der Waals surface area contributed by atoms with Gasteiger partial charge in [-0.1, -0.05) is 0 Å². The number of rotatable bonds is 3. The average molecular weight is 266 g/mol. The average Bonchev–Trinajstić information content (AvgIpc) is 2.74. The lowest BCUT2D eigenvalue weighted by molar-refractivity contribution is 0.0378. The number of amides is 1. The van der Waals surface area contributed by atoms with Crippen LogP contribution in [0.3, 0.4) is 0 Å². The molecule has 2 heterocycles. The number of β-amino-alcohol motifs (C(OH)–C–C–N with tert-alkyl or cyclic N) is 1. The lowest BCUT2D eigenvalue weighted by atomic mass is 10.1. The highest BCUT2D eigenvalue weighted by atomic mass is 16.3. The summed E-state index contributed by atoms with van der Waals surface area (Å²) in [4.78, 5) is 16.4. The quantitative estimate of drug-likeness (QED) is 0.822. The third-order valence-corrected chi connectivity index (χ3v) is 3.42. The lowest BCUT2D eigenvalue weighted by Crippen LogP contribution is -2.55. The molecule has 0 spiro atoms. The van der Waals surface area contributed by atoms with Gasteiger partial charge in [-0.05, 0) is 26.8 Å². The summed E-state index contributed by atoms with van der Waals surface area (Å²) in [5.74, 6) is -0.0199. The number of carbonyl (C=O) groups excluding carboxylic acids is 1. The van der Waals surface area contributed by atoms with Crippen molar-refractivity contribution in [3.8, 4) is 0 Å². The van der Waals surface area contributed by atoms with Crippen LogP contribution in [0.15, 0.2) is 6.07 Å². The van der Waals surface area contributed by atoms with E-state index in [1.165, 1.54) is 0 Å². The van der Waals surface area contributed by atoms with E-state index >= 15 is 0 Å². The summed E-state index contributed by atoms with van der Waals surface area (Å²) in [5, 5.41) is 16.2. The molecular formula is C13H22N4O2. The minimum absolute atomic E-state index is 0.0199. The van der Waals surface area contributed by atoms with Crippen LogP contribution in [-0.2, 0) is 0 Å². The molecule has 2 N–H and O–H groups in total. The fourth-order valence-corrected chi connectivity index (χ4v) is 2.55. The van der Waals surface area contributed by atoms with Gasteiger partial charge in [-0.3, -0.25) is 14.8 Å². The number of hydrogen-bond acceptors (Lipinski definition) is 4. The van der Waals surface area contributed by atoms with Crippen molar-refractivity contribution in [2.45, 2.75) is 32.9 Å². The topological polar surface area (TPSA) is 72.5 Å². The van der Waals surface area contributed by atoms with Crippen LogP contribution >= 0.6 is 0 Å². The molecule has 1 saturated heterocycles. The van der Waals surface area contributed by atoms with Crippen LogP contribution in [0.1, 0.15) is 30.0 Å². The Morgan fingerprint density at radius 3 is 2.89 bits per heavy atom. The van der Waals surface area contributed by atoms with E-state index in [0.29, 0.717) is 18.8 Å². The Hall–Kier alpha value is -1.40. The number of aliphatic hydroxyl groups is 1. The number of carbonyl (C=O) groups is 1. The molecule has 1 aromatic rings. The second-order valence-corrected chi connectivity index (χ2v) is 5.39. The number of piperazine rings is 1. The lowest BCUT2D eigenvalue weighted by Gasteiger charge is -2.40. The summed E-state index contributed by atoms with van der Waals surface area (Å²) in [6.45, 7) is 8.63. The van der Waals surface area contributed by atoms with Crippen LogP contribution in [0.2, 0.25) is 0 Å². The maximum atomic E-state index is 12.3. The standard InChI is InChI=1S/C13H22N4O2/c1-9-6-12(15-14-9)13(19)17-5-4-16(7-10(17)2)8-11(3)18/h6,10-11,18H,4-5,7-8H2,1-3H3,(H,14,15)/t10-,11-/m0/s1. The van der Waals surface area contributed by atoms with Gasteiger partial charge in [-0.25, -0.2) is 0 Å². The zero-order valence-corrected chi connectivity index (χ0v) is 11.8. The largest absolute Gasteiger partial charge is 0.392 e. The third-order valence-electron chi connectivity index (χ3n) is 3.42. The molecule has 1 aliphatic rings. The molecule has 0 bridgehead atoms. The van der Waals surface area contributed by atoms with Crippen molar-refractivity contribution < 1.29 is 9.90 Å². The number of nitrogens with zero attached hydrogens (tertiary/aromatic N) is 3. The molecule has 2 atom stereocenters. The highest BCUT2D eigenvalue weighted by Crippen LogP contribution is 2.13. The molecule has 0 radical (unpaired) electrons. The van der Waals surface area contributed by atoms with Crippen LogP contribution in [0, 0.1) is 6.92 Å². The van der Waals surface area contributed by atoms with Gasteiger partial charge in [0.05, 0.1) is 6.10 Å². The molecule has 2 rings (SSSR count). The number of aromatic amines is 1. The molecule has 0 saturated carbocycles. The molecule has 1 aromatic heterocycles. The van der Waals surface area contributed by atoms with Gasteiger partial charge in [-0.2, -0.15) is 5.10 Å². The monoisotopic (exact) mass is 266 g/mol. The van der Waals surface area contributed by atoms with E-state index in [0.717, 1.165) is 18.8 Å². The van der Waals surface area contributed by atoms with E-state index in [1.807, 2.05) is 18.7 Å². The van der Waals surface area contributed by atoms with Crippen molar-refractivity contribution in [2.24, 2.45) is 0 Å². The molecular weight excluding hydrogens is 244 g/mol. The predicted molar refractivity (Wildman–Crippen MR) is 71.9 cm³/mol. The first kappa shape index (κ1) is 14.0. The first-order chi connectivity index (χ1) is 8.97. The van der Waals surface area contributed by atoms with Crippen LogP contribution < -0.4 is 0 Å². The van der Waals surface area contributed by atoms with Gasteiger partial charge < -0.3 is 10.0 Å². The SMILES string of the molecule is Cc1cc(C(=O)N2CCN(C[C@H](C)O)C[C@@H]2C)n[nH]1. The summed E-state index contributed by atoms with van der Waals surface area (Å²) >= 11 is 0. The van der Waals surface area contributed by atoms with E-state index in [2.05, 4.69) is 15.1 Å². The number of H-pyrrole nitrogens is 1. The molecule has 6 heteroatoms. The van der Waals surface area contributed by atoms with Gasteiger partial charge in [-0.15, -0.1) is 0 Å². The van der Waals surface area contributed by atoms with Crippen molar-refractivity contribution in [1.82, 2.24) is 20.0 Å². The summed E-state index contributed by atoms with van der Waals surface area (Å²) in [6.07, 6.45) is -0.330. The Balaban J connectivity index is 1.98. The number of hydrogen-bond donors (Lipinski definition) is 2. The molecule has 0 aliphatic carbocycles. The third kappa shape index (κ3) is 3.33. The molecule has 0 unspecified atom stereocenters. The Bertz CT molecular complexity index is 444. The van der Waals surface area contributed by atoms with Crippen molar-refractivity contribution in [2.75, 3.05) is 26.2 Å². The Labute approximate surface area is 113 Å². The number of nitrogens with one attached hydrogen (secondary N) is 1. The fourth-order valence-electron chi connectivity index (χ4n) is 2.55. The second-order valence-electron chi connectivity index (χ2n) is 5.39. The van der Waals surface area contributed by atoms with Crippen LogP contribution in [0.25, 0.3) is 0 Å². The summed E-state index contributed by atoms with van der Waals surface area (Å²) in [5.41, 5.74) is 1.37. The maximum Gasteiger partial charge on any atom is 0.274 e. The van der Waals surface area contributed by atoms with Crippen molar-refractivity contribution in [3.05, 3.63) is 17.5 Å². The number of aromatic nitrogens is 2. The minimum atomic E-state index is -0.330. The van der Waals surface area contributed by atoms with E-state index in [4.69, 9.17) is 0 Å². The van der Waals surface area contributed by atoms with Gasteiger partial charge in [0.1, 0.15) is 5.69 Å². The van der Waals surface area contributed by atoms with E-state index < -0.39 is 0 Å². The fraction of sp³-hybridized carbons (Fsp3) is 0.692. The van der Waals surface area contributed by atoms with Gasteiger partial charge in [0.15, 0.2) is 0 Å². The van der Waals surface area contributed by atoms with Crippen LogP contribution in [0.4, 0.5) is 0 Å². The van der Waals surface area contributed by atoms with E-state index in [-0.39, 0.29) is 18.1 Å². The Morgan fingerprint density at radius 1 is 1.63 bits per heavy atom. The molecule has 1 amide bonds. The molecule has 1 fully saturated rings. The Morgan fingerprint density at radius 2 is 2.37 bits per heavy atom. The first-order valence-corrected chi connectivity index (χ1v) is 6.70. The molecule has 19 heavy (non-hydrogen) atoms. The van der Waals surface area contributed by atoms with Gasteiger partial charge >= 0.3 is 0 Å². The minimum Gasteiger partial charge on any atom is -0.392 e. The first-order valence-electron chi connectivity index (χ1n) is 6.70. The summed E-state index contributed by atoms with van der Waals surface area (Å²) in [6, 6.07) is 1.91. The highest BCUT2D eigenvalue weighted by molar-refractivity contribution is 5.92. The molecule has 0 aromatic carbocycles. The van der Waals surface area contributed by atoms with Crippen LogP contribution in [-0.4, -0.2) is 69.3 Å². The zero-order chi connectivity index (χ0) is 14.0. The second kappa shape index (κ2) is 5.71. The van der Waals surface area contributed by atoms with E-state index in [1.54, 1.807) is 13.0 Å². The molecule has 1 aliphatic heterocycles. The molecule has 6 nitrogen and oxygen atoms in total. The molecule has 106 valence electrons. The normalized spacial score (nSPS) is 22.5. The predicted octanol–water partition coefficient (Wildman–Crippen LogP) is 0.245. The zero-order valence-electron chi connectivity index (χ0n) is 11.8. The number of aliphatic hydroxyl groups excluding tert-OH is 1. The maximum absolute atomic E-state index is 12.3. The smallest absolute Gasteiger partial charge is 0.274 e. The van der Waals surface area contributed by atoms with Crippen molar-refractivity contribution >= 4 is 5.91 Å². The van der Waals surface area contributed by atoms with Crippen molar-refractivity contribution in [1.29, 1.82) is 0 Å². The van der Waals surface area contributed by atoms with Gasteiger partial charge in [0, 0.05) is 37.9 Å². The number of aryl methyl sites for hydroxylation is 1. The summed E-state index contributed by atoms with van der Waals surface area (Å²) in [7, 11) is 0. The van der Waals surface area contributed by atoms with Gasteiger partial charge in [0.25, 0.3) is 5.91 Å². The Kier molecular flexibility index (Phi) is 4.21. The van der Waals surface area contributed by atoms with Crippen molar-refractivity contribution in [3.63, 3.8) is 0 Å².